The van der Waals surface area contributed by atoms with Crippen molar-refractivity contribution in [2.75, 3.05) is 9.80 Å². The largest absolute Gasteiger partial charge is 0.472 e. The summed E-state index contributed by atoms with van der Waals surface area (Å²) in [6.45, 7) is 45.2. The van der Waals surface area contributed by atoms with E-state index in [9.17, 15) is 0 Å². The van der Waals surface area contributed by atoms with Gasteiger partial charge in [0, 0.05) is 39.3 Å². The maximum atomic E-state index is 7.80. The fourth-order valence-corrected chi connectivity index (χ4v) is 12.4. The zero-order chi connectivity index (χ0) is 49.2. The molecule has 2 aliphatic heterocycles. The number of anilines is 6. The van der Waals surface area contributed by atoms with Crippen LogP contribution in [0, 0.1) is 13.8 Å². The van der Waals surface area contributed by atoms with Gasteiger partial charge in [-0.05, 0) is 176 Å². The molecule has 0 radical (unpaired) electrons. The lowest BCUT2D eigenvalue weighted by molar-refractivity contribution is 0.282. The number of aryl methyl sites for hydroxylation is 2. The third-order valence-corrected chi connectivity index (χ3v) is 17.1. The van der Waals surface area contributed by atoms with Gasteiger partial charge in [-0.1, -0.05) is 154 Å². The molecule has 3 nitrogen and oxygen atoms in total. The van der Waals surface area contributed by atoms with Gasteiger partial charge in [0.05, 0.1) is 17.0 Å². The number of hydrogen-bond acceptors (Lipinski definition) is 3. The second-order valence-corrected chi connectivity index (χ2v) is 27.4. The highest BCUT2D eigenvalue weighted by atomic mass is 16.3. The molecule has 0 fully saturated rings. The predicted molar refractivity (Wildman–Crippen MR) is 294 cm³/mol. The Morgan fingerprint density at radius 2 is 0.985 bits per heavy atom. The van der Waals surface area contributed by atoms with Gasteiger partial charge in [0.1, 0.15) is 5.76 Å². The standard InChI is InChI=1S/C64H79BN2O/c1-38-32-51-54-52(33-38)67(49-26-22-41(59(6,7)8)35-45(49)44-37-47-46(34-39(44)2)61(12,13)28-29-62(47,14)15)55-53-56(64(18,19)31-30-63(53,16)17)68-57(55)65(54)48-36-42(60(9,10)11)23-27-50(48)66(51)43-24-20-40(21-25-43)58(3,4)5/h20-27,32-37H,28-31H2,1-19H3. The Balaban J connectivity index is 1.35. The molecule has 68 heavy (non-hydrogen) atoms. The first-order chi connectivity index (χ1) is 31.4. The van der Waals surface area contributed by atoms with Crippen LogP contribution in [0.4, 0.5) is 34.1 Å². The van der Waals surface area contributed by atoms with E-state index in [-0.39, 0.29) is 44.6 Å². The zero-order valence-corrected chi connectivity index (χ0v) is 45.3. The van der Waals surface area contributed by atoms with Crippen LogP contribution in [-0.2, 0) is 37.9 Å². The molecule has 4 aliphatic rings. The summed E-state index contributed by atoms with van der Waals surface area (Å²) in [5, 5.41) is 0. The Kier molecular flexibility index (Phi) is 10.2. The van der Waals surface area contributed by atoms with Crippen LogP contribution in [0.3, 0.4) is 0 Å². The molecule has 10 rings (SSSR count). The van der Waals surface area contributed by atoms with Gasteiger partial charge in [0.25, 0.3) is 6.71 Å². The molecule has 5 aromatic carbocycles. The van der Waals surface area contributed by atoms with Gasteiger partial charge in [-0.25, -0.2) is 0 Å². The van der Waals surface area contributed by atoms with Crippen molar-refractivity contribution < 1.29 is 4.42 Å². The van der Waals surface area contributed by atoms with Gasteiger partial charge >= 0.3 is 0 Å². The molecule has 1 aromatic heterocycles. The Morgan fingerprint density at radius 3 is 1.57 bits per heavy atom. The highest BCUT2D eigenvalue weighted by molar-refractivity contribution is 6.99. The summed E-state index contributed by atoms with van der Waals surface area (Å²) < 4.78 is 7.80. The van der Waals surface area contributed by atoms with Crippen molar-refractivity contribution in [3.05, 3.63) is 135 Å². The van der Waals surface area contributed by atoms with Crippen LogP contribution in [0.15, 0.2) is 89.3 Å². The van der Waals surface area contributed by atoms with Gasteiger partial charge < -0.3 is 14.2 Å². The van der Waals surface area contributed by atoms with Crippen LogP contribution in [-0.4, -0.2) is 6.71 Å². The van der Waals surface area contributed by atoms with Crippen molar-refractivity contribution in [3.8, 4) is 11.1 Å². The monoisotopic (exact) mass is 903 g/mol. The average Bonchev–Trinajstić information content (AvgIpc) is 3.66. The lowest BCUT2D eigenvalue weighted by Gasteiger charge is -2.45. The normalized spacial score (nSPS) is 18.7. The number of hydrogen-bond donors (Lipinski definition) is 0. The maximum absolute atomic E-state index is 7.80. The predicted octanol–water partition coefficient (Wildman–Crippen LogP) is 16.2. The number of benzene rings is 5. The topological polar surface area (TPSA) is 19.6 Å². The van der Waals surface area contributed by atoms with E-state index < -0.39 is 0 Å². The molecule has 0 amide bonds. The molecule has 2 aliphatic carbocycles. The lowest BCUT2D eigenvalue weighted by Crippen LogP contribution is -2.61. The first kappa shape index (κ1) is 46.8. The minimum Gasteiger partial charge on any atom is -0.472 e. The SMILES string of the molecule is Cc1cc2c3c(c1)N(c1ccc(C(C)(C)C)cc1-c1cc4c(cc1C)C(C)(C)CCC4(C)C)c1c(oc4c1C(C)(C)CCC4(C)C)B3c1cc(C(C)(C)C)ccc1N2c1ccc(C(C)(C)C)cc1. The highest BCUT2D eigenvalue weighted by Gasteiger charge is 2.53. The van der Waals surface area contributed by atoms with Crippen molar-refractivity contribution in [1.82, 2.24) is 0 Å². The lowest BCUT2D eigenvalue weighted by atomic mass is 9.35. The van der Waals surface area contributed by atoms with Crippen LogP contribution in [0.1, 0.15) is 194 Å². The zero-order valence-electron chi connectivity index (χ0n) is 45.3. The van der Waals surface area contributed by atoms with Crippen molar-refractivity contribution in [3.63, 3.8) is 0 Å². The van der Waals surface area contributed by atoms with Crippen molar-refractivity contribution in [1.29, 1.82) is 0 Å². The Hall–Kier alpha value is -4.96. The average molecular weight is 903 g/mol. The molecule has 0 saturated carbocycles. The van der Waals surface area contributed by atoms with E-state index >= 15 is 0 Å². The third kappa shape index (κ3) is 7.18. The third-order valence-electron chi connectivity index (χ3n) is 17.1. The maximum Gasteiger partial charge on any atom is 0.297 e. The van der Waals surface area contributed by atoms with Crippen LogP contribution in [0.5, 0.6) is 0 Å². The molecule has 0 N–H and O–H groups in total. The summed E-state index contributed by atoms with van der Waals surface area (Å²) in [7, 11) is 0. The summed E-state index contributed by atoms with van der Waals surface area (Å²) in [4.78, 5) is 5.27. The van der Waals surface area contributed by atoms with E-state index in [1.807, 2.05) is 0 Å². The summed E-state index contributed by atoms with van der Waals surface area (Å²) in [6, 6.07) is 34.3. The number of rotatable bonds is 3. The summed E-state index contributed by atoms with van der Waals surface area (Å²) >= 11 is 0. The summed E-state index contributed by atoms with van der Waals surface area (Å²) in [6.07, 6.45) is 4.55. The van der Waals surface area contributed by atoms with Crippen LogP contribution < -0.4 is 26.4 Å². The van der Waals surface area contributed by atoms with Gasteiger partial charge in [-0.3, -0.25) is 0 Å². The van der Waals surface area contributed by atoms with Gasteiger partial charge in [0.2, 0.25) is 0 Å². The van der Waals surface area contributed by atoms with E-state index in [2.05, 4.69) is 226 Å². The second-order valence-electron chi connectivity index (χ2n) is 27.4. The first-order valence-electron chi connectivity index (χ1n) is 25.9. The molecule has 3 heterocycles. The minimum atomic E-state index is -0.128. The van der Waals surface area contributed by atoms with Crippen LogP contribution >= 0.6 is 0 Å². The van der Waals surface area contributed by atoms with E-state index in [1.165, 1.54) is 114 Å². The van der Waals surface area contributed by atoms with Crippen molar-refractivity contribution in [2.24, 2.45) is 0 Å². The smallest absolute Gasteiger partial charge is 0.297 e. The molecule has 0 atom stereocenters. The molecule has 0 unspecified atom stereocenters. The van der Waals surface area contributed by atoms with E-state index in [0.717, 1.165) is 24.3 Å². The highest BCUT2D eigenvalue weighted by Crippen LogP contribution is 2.57. The number of fused-ring (bicyclic) bond motifs is 7. The Bertz CT molecular complexity index is 3040. The molecule has 354 valence electrons. The van der Waals surface area contributed by atoms with E-state index in [1.54, 1.807) is 0 Å². The van der Waals surface area contributed by atoms with Crippen molar-refractivity contribution in [2.45, 2.75) is 195 Å². The number of nitrogens with zero attached hydrogens (tertiary/aromatic N) is 2. The van der Waals surface area contributed by atoms with E-state index in [0.29, 0.717) is 0 Å². The van der Waals surface area contributed by atoms with Crippen LogP contribution in [0.2, 0.25) is 0 Å². The second kappa shape index (κ2) is 14.8. The Morgan fingerprint density at radius 1 is 0.485 bits per heavy atom. The first-order valence-corrected chi connectivity index (χ1v) is 25.9. The van der Waals surface area contributed by atoms with Crippen molar-refractivity contribution >= 4 is 57.4 Å². The summed E-state index contributed by atoms with van der Waals surface area (Å²) in [5.41, 5.74) is 24.6. The fourth-order valence-electron chi connectivity index (χ4n) is 12.4. The quantitative estimate of drug-likeness (QED) is 0.165. The molecule has 0 saturated heterocycles. The summed E-state index contributed by atoms with van der Waals surface area (Å²) in [5.74, 6) is 1.16. The molecular weight excluding hydrogens is 824 g/mol. The molecular formula is C64H79BN2O. The molecule has 0 bridgehead atoms. The van der Waals surface area contributed by atoms with Crippen LogP contribution in [0.25, 0.3) is 11.1 Å². The Labute approximate surface area is 411 Å². The molecule has 4 heteroatoms. The van der Waals surface area contributed by atoms with Gasteiger partial charge in [0.15, 0.2) is 0 Å². The van der Waals surface area contributed by atoms with E-state index in [4.69, 9.17) is 4.42 Å². The van der Waals surface area contributed by atoms with Gasteiger partial charge in [-0.15, -0.1) is 0 Å². The van der Waals surface area contributed by atoms with Gasteiger partial charge in [-0.2, -0.15) is 0 Å². The number of furan rings is 1. The fraction of sp³-hybridized carbons (Fsp3) is 0.469. The molecule has 0 spiro atoms. The molecule has 6 aromatic rings. The minimum absolute atomic E-state index is 0.0409.